The highest BCUT2D eigenvalue weighted by Crippen LogP contribution is 2.38. The Bertz CT molecular complexity index is 7050. The van der Waals surface area contributed by atoms with Crippen LogP contribution in [0, 0.1) is 13.8 Å². The number of benzene rings is 12. The van der Waals surface area contributed by atoms with Crippen molar-refractivity contribution in [2.75, 3.05) is 0 Å². The first-order chi connectivity index (χ1) is 52.7. The molecule has 110 heavy (non-hydrogen) atoms. The maximum atomic E-state index is 13.4. The zero-order chi connectivity index (χ0) is 76.7. The van der Waals surface area contributed by atoms with E-state index in [0.717, 1.165) is 141 Å². The molecule has 20 rings (SSSR count). The molecule has 4 heterocycles. The highest BCUT2D eigenvalue weighted by molar-refractivity contribution is 6.17. The van der Waals surface area contributed by atoms with Crippen LogP contribution < -0.4 is 21.7 Å². The Morgan fingerprint density at radius 2 is 0.573 bits per heavy atom. The second-order valence-corrected chi connectivity index (χ2v) is 32.2. The van der Waals surface area contributed by atoms with Crippen molar-refractivity contribution in [2.24, 2.45) is 0 Å². The number of para-hydroxylation sites is 1. The summed E-state index contributed by atoms with van der Waals surface area (Å²) in [6.07, 6.45) is 4.50. The van der Waals surface area contributed by atoms with Gasteiger partial charge in [0, 0.05) is 110 Å². The van der Waals surface area contributed by atoms with E-state index in [4.69, 9.17) is 0 Å². The Kier molecular flexibility index (Phi) is 16.9. The van der Waals surface area contributed by atoms with Crippen LogP contribution in [0.4, 0.5) is 0 Å². The zero-order valence-corrected chi connectivity index (χ0v) is 63.1. The topological polar surface area (TPSA) is 200 Å². The normalized spacial score (nSPS) is 13.3. The number of carbonyl (C=O) groups excluding carboxylic acids is 4. The molecule has 12 nitrogen and oxygen atoms in total. The molecule has 0 radical (unpaired) electrons. The lowest BCUT2D eigenvalue weighted by Crippen LogP contribution is -2.19. The number of pyridine rings is 4. The van der Waals surface area contributed by atoms with Crippen LogP contribution in [0.2, 0.25) is 0 Å². The summed E-state index contributed by atoms with van der Waals surface area (Å²) in [5.74, 6) is 0.161. The van der Waals surface area contributed by atoms with Gasteiger partial charge in [-0.25, -0.2) is 0 Å². The Hall–Kier alpha value is -12.8. The van der Waals surface area contributed by atoms with Crippen molar-refractivity contribution in [1.29, 1.82) is 0 Å². The zero-order valence-electron chi connectivity index (χ0n) is 63.1. The minimum Gasteiger partial charge on any atom is -0.354 e. The Morgan fingerprint density at radius 3 is 1.08 bits per heavy atom. The standard InChI is InChI=1S/C29H29NO2.C25H21NO2.C23H17NO2.C21H13NO2/c1-28(2,3)18-8-7-16-11-17-12-22-25(15-21(17)26(31)20(16)13-18)30-24-10-9-19(29(4,5)6)14-23(24)27(22)32;1-3-14-5-7-16-11-17-12-21-23(13-19(17)24(27)18(16)9-14)26-22-8-6-15(4-2)10-20(22)25(21)28;1-12-3-5-14-9-15-10-19-21(11-17(15)22(25)16(14)7-12)24-20-6-4-13(2)8-18(20)23(19)26;23-20-14-6-2-1-5-12(14)9-13-10-17-19(11-16(13)20)22-18-8-4-3-7-15(18)21(17)24/h7-10,12-15H,11H2,1-6H3,(H,30,32);5-10,12-13H,3-4,11H2,1-2H3,(H,26,28);3-8,10-11H,9H2,1-2H3,(H,24,26);1-8,10-11H,9H2,(H,22,24). The number of carbonyl (C=O) groups is 4. The van der Waals surface area contributed by atoms with E-state index in [2.05, 4.69) is 106 Å². The van der Waals surface area contributed by atoms with Crippen LogP contribution in [0.3, 0.4) is 0 Å². The lowest BCUT2D eigenvalue weighted by molar-refractivity contribution is 0.102. The van der Waals surface area contributed by atoms with Gasteiger partial charge in [-0.15, -0.1) is 0 Å². The van der Waals surface area contributed by atoms with Crippen molar-refractivity contribution >= 4 is 110 Å². The highest BCUT2D eigenvalue weighted by Gasteiger charge is 2.31. The van der Waals surface area contributed by atoms with Crippen LogP contribution in [0.1, 0.15) is 197 Å². The second-order valence-electron chi connectivity index (χ2n) is 32.2. The molecular weight excluding hydrogens is 1360 g/mol. The molecule has 0 amide bonds. The van der Waals surface area contributed by atoms with E-state index in [1.165, 1.54) is 5.56 Å². The first-order valence-electron chi connectivity index (χ1n) is 37.8. The predicted octanol–water partition coefficient (Wildman–Crippen LogP) is 19.6. The maximum absolute atomic E-state index is 13.4. The molecule has 0 fully saturated rings. The largest absolute Gasteiger partial charge is 0.354 e. The van der Waals surface area contributed by atoms with Gasteiger partial charge in [0.05, 0.1) is 22.1 Å². The number of ketones is 4. The summed E-state index contributed by atoms with van der Waals surface area (Å²) >= 11 is 0. The van der Waals surface area contributed by atoms with Gasteiger partial charge < -0.3 is 19.9 Å². The van der Waals surface area contributed by atoms with E-state index >= 15 is 0 Å². The molecule has 0 saturated heterocycles. The molecule has 0 saturated carbocycles. The summed E-state index contributed by atoms with van der Waals surface area (Å²) in [6, 6.07) is 66.4. The van der Waals surface area contributed by atoms with E-state index in [9.17, 15) is 38.4 Å². The molecule has 0 atom stereocenters. The van der Waals surface area contributed by atoms with Gasteiger partial charge in [-0.2, -0.15) is 0 Å². The van der Waals surface area contributed by atoms with Crippen molar-refractivity contribution in [3.63, 3.8) is 0 Å². The van der Waals surface area contributed by atoms with Gasteiger partial charge in [0.25, 0.3) is 0 Å². The van der Waals surface area contributed by atoms with Crippen molar-refractivity contribution in [3.8, 4) is 0 Å². The van der Waals surface area contributed by atoms with Gasteiger partial charge in [0.2, 0.25) is 0 Å². The van der Waals surface area contributed by atoms with Gasteiger partial charge in [-0.1, -0.05) is 158 Å². The molecule has 0 spiro atoms. The number of hydrogen-bond donors (Lipinski definition) is 4. The maximum Gasteiger partial charge on any atom is 0.197 e. The van der Waals surface area contributed by atoms with Crippen LogP contribution in [-0.4, -0.2) is 43.1 Å². The molecular formula is C98H80N4O8. The number of rotatable bonds is 2. The van der Waals surface area contributed by atoms with Gasteiger partial charge in [0.1, 0.15) is 0 Å². The fourth-order valence-electron chi connectivity index (χ4n) is 16.5. The van der Waals surface area contributed by atoms with Gasteiger partial charge >= 0.3 is 0 Å². The molecule has 12 aromatic carbocycles. The van der Waals surface area contributed by atoms with Gasteiger partial charge in [-0.3, -0.25) is 38.4 Å². The number of H-pyrrole nitrogens is 4. The molecule has 4 N–H and O–H groups in total. The van der Waals surface area contributed by atoms with E-state index in [1.807, 2.05) is 190 Å². The van der Waals surface area contributed by atoms with E-state index < -0.39 is 0 Å². The lowest BCUT2D eigenvalue weighted by atomic mass is 9.79. The number of nitrogens with one attached hydrogen (secondary N) is 4. The fraction of sp³-hybridized carbons (Fsp3) is 0.184. The van der Waals surface area contributed by atoms with Crippen molar-refractivity contribution < 1.29 is 19.2 Å². The summed E-state index contributed by atoms with van der Waals surface area (Å²) in [5.41, 5.74) is 26.5. The van der Waals surface area contributed by atoms with Crippen LogP contribution in [0.5, 0.6) is 0 Å². The summed E-state index contributed by atoms with van der Waals surface area (Å²) in [7, 11) is 0. The fourth-order valence-corrected chi connectivity index (χ4v) is 16.5. The summed E-state index contributed by atoms with van der Waals surface area (Å²) in [6.45, 7) is 21.1. The molecule has 4 aliphatic carbocycles. The van der Waals surface area contributed by atoms with Crippen LogP contribution >= 0.6 is 0 Å². The van der Waals surface area contributed by atoms with E-state index in [-0.39, 0.29) is 55.7 Å². The lowest BCUT2D eigenvalue weighted by Gasteiger charge is -2.24. The number of aryl methyl sites for hydroxylation is 4. The molecule has 4 aromatic heterocycles. The average molecular weight is 1440 g/mol. The molecule has 16 aromatic rings. The molecule has 540 valence electrons. The third kappa shape index (κ3) is 12.2. The minimum absolute atomic E-state index is 0.00783. The van der Waals surface area contributed by atoms with Gasteiger partial charge in [-0.05, 0) is 245 Å². The van der Waals surface area contributed by atoms with Crippen molar-refractivity contribution in [3.05, 3.63) is 370 Å². The first kappa shape index (κ1) is 70.2. The SMILES string of the molecule is CC(C)(C)c1ccc2c(c1)C(=O)c1cc3[nH]c4ccc(C(C)(C)C)cc4c(=O)c3cc1C2.CCc1ccc2c(c1)C(=O)c1cc3[nH]c4ccc(CC)cc4c(=O)c3cc1C2.Cc1ccc2c(c1)C(=O)c1cc3[nH]c4ccc(C)cc4c(=O)c3cc1C2.O=C1c2ccccc2Cc2cc3c(=O)c4ccccc4[nH]c3cc21. The minimum atomic E-state index is -0.0342. The molecule has 0 aliphatic heterocycles. The third-order valence-electron chi connectivity index (χ3n) is 22.8. The molecule has 12 heteroatoms. The Morgan fingerprint density at radius 1 is 0.255 bits per heavy atom. The average Bonchev–Trinajstić information content (AvgIpc) is 0.798. The third-order valence-corrected chi connectivity index (χ3v) is 22.8. The number of fused-ring (bicyclic) bond motifs is 16. The van der Waals surface area contributed by atoms with Crippen LogP contribution in [-0.2, 0) is 49.4 Å². The number of hydrogen-bond acceptors (Lipinski definition) is 8. The summed E-state index contributed by atoms with van der Waals surface area (Å²) < 4.78 is 0. The highest BCUT2D eigenvalue weighted by atomic mass is 16.1. The van der Waals surface area contributed by atoms with Crippen molar-refractivity contribution in [2.45, 2.75) is 119 Å². The quantitative estimate of drug-likeness (QED) is 0.123. The predicted molar refractivity (Wildman–Crippen MR) is 445 cm³/mol. The van der Waals surface area contributed by atoms with Crippen LogP contribution in [0.15, 0.2) is 225 Å². The smallest absolute Gasteiger partial charge is 0.197 e. The van der Waals surface area contributed by atoms with Gasteiger partial charge in [0.15, 0.2) is 44.8 Å². The van der Waals surface area contributed by atoms with Crippen LogP contribution in [0.25, 0.3) is 87.2 Å². The molecule has 0 bridgehead atoms. The second kappa shape index (κ2) is 26.6. The summed E-state index contributed by atoms with van der Waals surface area (Å²) in [5, 5.41) is 5.35. The van der Waals surface area contributed by atoms with Crippen molar-refractivity contribution in [1.82, 2.24) is 19.9 Å². The van der Waals surface area contributed by atoms with E-state index in [0.29, 0.717) is 102 Å². The Balaban J connectivity index is 0.000000107. The molecule has 0 unspecified atom stereocenters. The molecule has 4 aliphatic rings. The number of aromatic nitrogens is 4. The Labute approximate surface area is 633 Å². The first-order valence-corrected chi connectivity index (χ1v) is 37.8. The summed E-state index contributed by atoms with van der Waals surface area (Å²) in [4.78, 5) is 118. The number of aromatic amines is 4. The van der Waals surface area contributed by atoms with E-state index in [1.54, 1.807) is 0 Å². The monoisotopic (exact) mass is 1440 g/mol.